The number of carbonyl (C=O) groups is 1. The predicted molar refractivity (Wildman–Crippen MR) is 109 cm³/mol. The summed E-state index contributed by atoms with van der Waals surface area (Å²) in [5.74, 6) is 0.780. The molecule has 3 aromatic rings. The number of benzene rings is 2. The lowest BCUT2D eigenvalue weighted by Crippen LogP contribution is -2.26. The molecule has 0 aliphatic heterocycles. The maximum atomic E-state index is 12.1. The molecule has 0 spiro atoms. The molecular weight excluding hydrogens is 406 g/mol. The molecule has 1 heterocycles. The highest BCUT2D eigenvalue weighted by molar-refractivity contribution is 9.10. The Kier molecular flexibility index (Phi) is 5.12. The van der Waals surface area contributed by atoms with E-state index in [4.69, 9.17) is 9.15 Å². The molecule has 2 aromatic carbocycles. The third kappa shape index (κ3) is 3.69. The van der Waals surface area contributed by atoms with Crippen LogP contribution in [0.5, 0.6) is 0 Å². The highest BCUT2D eigenvalue weighted by Gasteiger charge is 2.28. The Hall–Kier alpha value is -2.79. The number of hydrogen-bond donors (Lipinski definition) is 1. The standard InChI is InChI=1S/C22H18BrNO3/c23-20-11-13-26-21(20)10-5-12-24-22(25)27-14-19-17-8-3-1-6-15(17)16-7-2-4-9-18(16)19/h1-11,13,19H,12,14H2,(H,24,25). The van der Waals surface area contributed by atoms with Crippen LogP contribution in [0.1, 0.15) is 22.8 Å². The van der Waals surface area contributed by atoms with Gasteiger partial charge in [0.25, 0.3) is 0 Å². The average molecular weight is 424 g/mol. The molecule has 0 unspecified atom stereocenters. The van der Waals surface area contributed by atoms with Crippen molar-refractivity contribution < 1.29 is 13.9 Å². The quantitative estimate of drug-likeness (QED) is 0.581. The number of amides is 1. The molecule has 1 amide bonds. The number of hydrogen-bond acceptors (Lipinski definition) is 3. The van der Waals surface area contributed by atoms with E-state index in [9.17, 15) is 4.79 Å². The fraction of sp³-hybridized carbons (Fsp3) is 0.136. The van der Waals surface area contributed by atoms with Crippen molar-refractivity contribution in [3.05, 3.63) is 88.3 Å². The van der Waals surface area contributed by atoms with Gasteiger partial charge in [0.2, 0.25) is 0 Å². The summed E-state index contributed by atoms with van der Waals surface area (Å²) in [6.07, 6.45) is 4.78. The van der Waals surface area contributed by atoms with Crippen molar-refractivity contribution in [1.29, 1.82) is 0 Å². The van der Waals surface area contributed by atoms with E-state index < -0.39 is 6.09 Å². The van der Waals surface area contributed by atoms with Crippen LogP contribution < -0.4 is 5.32 Å². The zero-order valence-electron chi connectivity index (χ0n) is 14.5. The SMILES string of the molecule is O=C(NCC=Cc1occc1Br)OCC1c2ccccc2-c2ccccc21. The highest BCUT2D eigenvalue weighted by atomic mass is 79.9. The molecule has 1 aromatic heterocycles. The molecule has 136 valence electrons. The Labute approximate surface area is 166 Å². The monoisotopic (exact) mass is 423 g/mol. The number of nitrogens with one attached hydrogen (secondary N) is 1. The molecule has 0 bridgehead atoms. The number of alkyl carbamates (subject to hydrolysis) is 1. The molecule has 0 saturated carbocycles. The molecule has 1 aliphatic rings. The van der Waals surface area contributed by atoms with Gasteiger partial charge in [-0.1, -0.05) is 54.6 Å². The van der Waals surface area contributed by atoms with E-state index in [0.29, 0.717) is 18.9 Å². The predicted octanol–water partition coefficient (Wildman–Crippen LogP) is 5.59. The number of fused-ring (bicyclic) bond motifs is 3. The first-order valence-corrected chi connectivity index (χ1v) is 9.51. The van der Waals surface area contributed by atoms with E-state index in [-0.39, 0.29) is 5.92 Å². The van der Waals surface area contributed by atoms with Crippen molar-refractivity contribution >= 4 is 28.1 Å². The summed E-state index contributed by atoms with van der Waals surface area (Å²) in [5, 5.41) is 2.73. The van der Waals surface area contributed by atoms with Crippen molar-refractivity contribution in [3.8, 4) is 11.1 Å². The Balaban J connectivity index is 1.35. The van der Waals surface area contributed by atoms with Gasteiger partial charge in [-0.25, -0.2) is 4.79 Å². The first-order chi connectivity index (χ1) is 13.2. The van der Waals surface area contributed by atoms with Crippen LogP contribution in [0.4, 0.5) is 4.79 Å². The lowest BCUT2D eigenvalue weighted by Gasteiger charge is -2.14. The number of furan rings is 1. The van der Waals surface area contributed by atoms with Gasteiger partial charge >= 0.3 is 6.09 Å². The summed E-state index contributed by atoms with van der Waals surface area (Å²) in [5.41, 5.74) is 4.84. The Morgan fingerprint density at radius 3 is 2.37 bits per heavy atom. The lowest BCUT2D eigenvalue weighted by molar-refractivity contribution is 0.144. The van der Waals surface area contributed by atoms with Gasteiger partial charge in [0.15, 0.2) is 0 Å². The molecule has 4 rings (SSSR count). The van der Waals surface area contributed by atoms with Gasteiger partial charge in [0, 0.05) is 12.5 Å². The maximum absolute atomic E-state index is 12.1. The molecule has 4 nitrogen and oxygen atoms in total. The topological polar surface area (TPSA) is 51.5 Å². The fourth-order valence-electron chi connectivity index (χ4n) is 3.38. The largest absolute Gasteiger partial charge is 0.464 e. The van der Waals surface area contributed by atoms with Gasteiger partial charge in [-0.3, -0.25) is 0 Å². The molecular formula is C22H18BrNO3. The number of rotatable bonds is 5. The molecule has 1 N–H and O–H groups in total. The smallest absolute Gasteiger partial charge is 0.407 e. The maximum Gasteiger partial charge on any atom is 0.407 e. The average Bonchev–Trinajstić information content (AvgIpc) is 3.25. The van der Waals surface area contributed by atoms with Gasteiger partial charge in [-0.15, -0.1) is 0 Å². The molecule has 0 saturated heterocycles. The number of carbonyl (C=O) groups excluding carboxylic acids is 1. The molecule has 5 heteroatoms. The van der Waals surface area contributed by atoms with Crippen molar-refractivity contribution in [1.82, 2.24) is 5.32 Å². The fourth-order valence-corrected chi connectivity index (χ4v) is 3.72. The molecule has 27 heavy (non-hydrogen) atoms. The summed E-state index contributed by atoms with van der Waals surface area (Å²) in [4.78, 5) is 12.1. The third-order valence-corrected chi connectivity index (χ3v) is 5.28. The molecule has 0 atom stereocenters. The summed E-state index contributed by atoms with van der Waals surface area (Å²) in [7, 11) is 0. The van der Waals surface area contributed by atoms with Crippen LogP contribution >= 0.6 is 15.9 Å². The second kappa shape index (κ2) is 7.84. The summed E-state index contributed by atoms with van der Waals surface area (Å²) >= 11 is 3.38. The molecule has 1 aliphatic carbocycles. The Morgan fingerprint density at radius 1 is 1.07 bits per heavy atom. The van der Waals surface area contributed by atoms with E-state index in [0.717, 1.165) is 4.47 Å². The second-order valence-corrected chi connectivity index (χ2v) is 7.10. The van der Waals surface area contributed by atoms with Gasteiger partial charge in [0.05, 0.1) is 10.7 Å². The first kappa shape index (κ1) is 17.6. The van der Waals surface area contributed by atoms with Gasteiger partial charge in [-0.2, -0.15) is 0 Å². The molecule has 0 radical (unpaired) electrons. The first-order valence-electron chi connectivity index (χ1n) is 8.72. The van der Waals surface area contributed by atoms with E-state index in [2.05, 4.69) is 45.5 Å². The minimum atomic E-state index is -0.431. The van der Waals surface area contributed by atoms with E-state index in [1.807, 2.05) is 36.4 Å². The van der Waals surface area contributed by atoms with Crippen LogP contribution in [0.15, 0.2) is 75.8 Å². The number of halogens is 1. The highest BCUT2D eigenvalue weighted by Crippen LogP contribution is 2.44. The zero-order valence-corrected chi connectivity index (χ0v) is 16.1. The third-order valence-electron chi connectivity index (χ3n) is 4.62. The summed E-state index contributed by atoms with van der Waals surface area (Å²) < 4.78 is 11.6. The summed E-state index contributed by atoms with van der Waals surface area (Å²) in [6, 6.07) is 18.4. The van der Waals surface area contributed by atoms with Crippen LogP contribution in [0.3, 0.4) is 0 Å². The Morgan fingerprint density at radius 2 is 1.74 bits per heavy atom. The molecule has 0 fully saturated rings. The van der Waals surface area contributed by atoms with Crippen molar-refractivity contribution in [2.24, 2.45) is 0 Å². The van der Waals surface area contributed by atoms with Crippen LogP contribution in [0.2, 0.25) is 0 Å². The van der Waals surface area contributed by atoms with Crippen LogP contribution in [0.25, 0.3) is 17.2 Å². The lowest BCUT2D eigenvalue weighted by atomic mass is 9.98. The Bertz CT molecular complexity index is 947. The normalized spacial score (nSPS) is 12.8. The minimum absolute atomic E-state index is 0.0674. The summed E-state index contributed by atoms with van der Waals surface area (Å²) in [6.45, 7) is 0.678. The van der Waals surface area contributed by atoms with E-state index in [1.165, 1.54) is 22.3 Å². The van der Waals surface area contributed by atoms with E-state index >= 15 is 0 Å². The minimum Gasteiger partial charge on any atom is -0.464 e. The number of ether oxygens (including phenoxy) is 1. The zero-order chi connectivity index (χ0) is 18.6. The van der Waals surface area contributed by atoms with Gasteiger partial charge < -0.3 is 14.5 Å². The van der Waals surface area contributed by atoms with Crippen molar-refractivity contribution in [3.63, 3.8) is 0 Å². The second-order valence-electron chi connectivity index (χ2n) is 6.24. The van der Waals surface area contributed by atoms with Gasteiger partial charge in [0.1, 0.15) is 12.4 Å². The van der Waals surface area contributed by atoms with Crippen LogP contribution in [-0.4, -0.2) is 19.2 Å². The van der Waals surface area contributed by atoms with Crippen LogP contribution in [0, 0.1) is 0 Å². The van der Waals surface area contributed by atoms with E-state index in [1.54, 1.807) is 12.3 Å². The van der Waals surface area contributed by atoms with Crippen LogP contribution in [-0.2, 0) is 4.74 Å². The van der Waals surface area contributed by atoms with Gasteiger partial charge in [-0.05, 0) is 50.3 Å². The van der Waals surface area contributed by atoms with Crippen molar-refractivity contribution in [2.75, 3.05) is 13.2 Å². The van der Waals surface area contributed by atoms with Crippen molar-refractivity contribution in [2.45, 2.75) is 5.92 Å².